The van der Waals surface area contributed by atoms with Gasteiger partial charge in [0, 0.05) is 11.6 Å². The molecule has 0 aliphatic heterocycles. The fourth-order valence-electron chi connectivity index (χ4n) is 4.08. The Bertz CT molecular complexity index is 691. The molecule has 5 nitrogen and oxygen atoms in total. The van der Waals surface area contributed by atoms with Crippen molar-refractivity contribution in [3.05, 3.63) is 48.0 Å². The first-order chi connectivity index (χ1) is 11.8. The van der Waals surface area contributed by atoms with Gasteiger partial charge in [-0.1, -0.05) is 50.3 Å². The molecule has 0 saturated heterocycles. The summed E-state index contributed by atoms with van der Waals surface area (Å²) in [5.41, 5.74) is 1.73. The number of carbonyl (C=O) groups is 1. The normalized spacial score (nSPS) is 23.8. The summed E-state index contributed by atoms with van der Waals surface area (Å²) in [6.45, 7) is 0.570. The van der Waals surface area contributed by atoms with E-state index in [0.29, 0.717) is 18.5 Å². The van der Waals surface area contributed by atoms with Crippen LogP contribution in [0.25, 0.3) is 0 Å². The number of hydrogen-bond donors (Lipinski definition) is 1. The molecule has 2 aromatic rings. The first-order valence-electron chi connectivity index (χ1n) is 9.02. The number of rotatable bonds is 5. The Morgan fingerprint density at radius 2 is 2.04 bits per heavy atom. The fourth-order valence-corrected chi connectivity index (χ4v) is 4.08. The molecule has 24 heavy (non-hydrogen) atoms. The van der Waals surface area contributed by atoms with Crippen molar-refractivity contribution in [2.75, 3.05) is 0 Å². The average Bonchev–Trinajstić information content (AvgIpc) is 3.19. The minimum atomic E-state index is 0.0500. The third-order valence-electron chi connectivity index (χ3n) is 5.47. The van der Waals surface area contributed by atoms with Crippen molar-refractivity contribution in [3.8, 4) is 0 Å². The van der Waals surface area contributed by atoms with Crippen LogP contribution in [-0.4, -0.2) is 26.7 Å². The van der Waals surface area contributed by atoms with Gasteiger partial charge in [-0.3, -0.25) is 4.79 Å². The molecule has 0 spiro atoms. The molecule has 0 unspecified atom stereocenters. The summed E-state index contributed by atoms with van der Waals surface area (Å²) < 4.78 is 1.74. The van der Waals surface area contributed by atoms with Crippen LogP contribution < -0.4 is 5.32 Å². The standard InChI is InChI=1S/C19H24N4O/c24-19(22-18-10-17(18)14-6-2-1-3-7-14)16-9-5-4-8-15(16)11-23-13-20-12-21-23/h4-5,8-9,12-14,17-18H,1-3,6-7,10-11H2,(H,22,24)/t17-,18+/m1/s1. The molecule has 126 valence electrons. The highest BCUT2D eigenvalue weighted by Crippen LogP contribution is 2.44. The summed E-state index contributed by atoms with van der Waals surface area (Å²) >= 11 is 0. The first-order valence-corrected chi connectivity index (χ1v) is 9.02. The lowest BCUT2D eigenvalue weighted by molar-refractivity contribution is 0.0945. The summed E-state index contributed by atoms with van der Waals surface area (Å²) in [7, 11) is 0. The molecule has 2 saturated carbocycles. The van der Waals surface area contributed by atoms with Crippen LogP contribution in [0.3, 0.4) is 0 Å². The number of carbonyl (C=O) groups excluding carboxylic acids is 1. The predicted octanol–water partition coefficient (Wildman–Crippen LogP) is 3.03. The zero-order valence-corrected chi connectivity index (χ0v) is 13.9. The van der Waals surface area contributed by atoms with E-state index in [-0.39, 0.29) is 5.91 Å². The Hall–Kier alpha value is -2.17. The second kappa shape index (κ2) is 6.75. The minimum absolute atomic E-state index is 0.0500. The largest absolute Gasteiger partial charge is 0.349 e. The van der Waals surface area contributed by atoms with Crippen molar-refractivity contribution < 1.29 is 4.79 Å². The lowest BCUT2D eigenvalue weighted by atomic mass is 9.85. The van der Waals surface area contributed by atoms with E-state index in [4.69, 9.17) is 0 Å². The number of benzene rings is 1. The Balaban J connectivity index is 1.40. The van der Waals surface area contributed by atoms with E-state index in [2.05, 4.69) is 15.4 Å². The molecule has 2 atom stereocenters. The highest BCUT2D eigenvalue weighted by molar-refractivity contribution is 5.96. The molecule has 1 amide bonds. The van der Waals surface area contributed by atoms with Gasteiger partial charge >= 0.3 is 0 Å². The molecule has 0 radical (unpaired) electrons. The average molecular weight is 324 g/mol. The number of amides is 1. The van der Waals surface area contributed by atoms with Gasteiger partial charge in [0.15, 0.2) is 0 Å². The number of nitrogens with zero attached hydrogens (tertiary/aromatic N) is 3. The highest BCUT2D eigenvalue weighted by atomic mass is 16.1. The smallest absolute Gasteiger partial charge is 0.251 e. The van der Waals surface area contributed by atoms with E-state index in [1.807, 2.05) is 24.3 Å². The molecule has 1 aromatic heterocycles. The van der Waals surface area contributed by atoms with E-state index in [1.54, 1.807) is 11.0 Å². The highest BCUT2D eigenvalue weighted by Gasteiger charge is 2.43. The van der Waals surface area contributed by atoms with Crippen molar-refractivity contribution in [1.29, 1.82) is 0 Å². The third kappa shape index (κ3) is 3.35. The lowest BCUT2D eigenvalue weighted by Gasteiger charge is -2.21. The lowest BCUT2D eigenvalue weighted by Crippen LogP contribution is -2.29. The van der Waals surface area contributed by atoms with Gasteiger partial charge in [0.2, 0.25) is 0 Å². The van der Waals surface area contributed by atoms with Gasteiger partial charge in [0.05, 0.1) is 6.54 Å². The zero-order chi connectivity index (χ0) is 16.4. The number of nitrogens with one attached hydrogen (secondary N) is 1. The monoisotopic (exact) mass is 324 g/mol. The Morgan fingerprint density at radius 3 is 2.83 bits per heavy atom. The maximum Gasteiger partial charge on any atom is 0.251 e. The molecule has 1 heterocycles. The predicted molar refractivity (Wildman–Crippen MR) is 91.5 cm³/mol. The van der Waals surface area contributed by atoms with Crippen LogP contribution in [0.2, 0.25) is 0 Å². The Kier molecular flexibility index (Phi) is 4.32. The van der Waals surface area contributed by atoms with Crippen molar-refractivity contribution in [3.63, 3.8) is 0 Å². The van der Waals surface area contributed by atoms with Crippen LogP contribution in [0, 0.1) is 11.8 Å². The summed E-state index contributed by atoms with van der Waals surface area (Å²) in [6.07, 6.45) is 11.2. The molecule has 0 bridgehead atoms. The first kappa shape index (κ1) is 15.4. The van der Waals surface area contributed by atoms with Crippen LogP contribution in [-0.2, 0) is 6.54 Å². The van der Waals surface area contributed by atoms with E-state index in [1.165, 1.54) is 38.4 Å². The molecule has 1 N–H and O–H groups in total. The van der Waals surface area contributed by atoms with Crippen LogP contribution in [0.4, 0.5) is 0 Å². The van der Waals surface area contributed by atoms with Gasteiger partial charge in [0.25, 0.3) is 5.91 Å². The van der Waals surface area contributed by atoms with E-state index in [9.17, 15) is 4.79 Å². The van der Waals surface area contributed by atoms with Gasteiger partial charge < -0.3 is 5.32 Å². The summed E-state index contributed by atoms with van der Waals surface area (Å²) in [6, 6.07) is 8.15. The SMILES string of the molecule is O=C(N[C@H]1C[C@@H]1C1CCCCC1)c1ccccc1Cn1cncn1. The van der Waals surface area contributed by atoms with E-state index < -0.39 is 0 Å². The fraction of sp³-hybridized carbons (Fsp3) is 0.526. The maximum absolute atomic E-state index is 12.7. The quantitative estimate of drug-likeness (QED) is 0.919. The van der Waals surface area contributed by atoms with Crippen molar-refractivity contribution >= 4 is 5.91 Å². The molecule has 4 rings (SSSR count). The number of aromatic nitrogens is 3. The zero-order valence-electron chi connectivity index (χ0n) is 13.9. The van der Waals surface area contributed by atoms with Crippen molar-refractivity contribution in [2.45, 2.75) is 51.1 Å². The Morgan fingerprint density at radius 1 is 1.21 bits per heavy atom. The van der Waals surface area contributed by atoms with Gasteiger partial charge in [-0.2, -0.15) is 5.10 Å². The molecular weight excluding hydrogens is 300 g/mol. The molecule has 2 fully saturated rings. The van der Waals surface area contributed by atoms with Crippen LogP contribution in [0.5, 0.6) is 0 Å². The van der Waals surface area contributed by atoms with Crippen LogP contribution >= 0.6 is 0 Å². The molecular formula is C19H24N4O. The van der Waals surface area contributed by atoms with Gasteiger partial charge in [0.1, 0.15) is 12.7 Å². The second-order valence-corrected chi connectivity index (χ2v) is 7.13. The molecule has 2 aliphatic rings. The van der Waals surface area contributed by atoms with Crippen molar-refractivity contribution in [1.82, 2.24) is 20.1 Å². The Labute approximate surface area is 142 Å². The summed E-state index contributed by atoms with van der Waals surface area (Å²) in [5.74, 6) is 1.58. The minimum Gasteiger partial charge on any atom is -0.349 e. The summed E-state index contributed by atoms with van der Waals surface area (Å²) in [5, 5.41) is 7.39. The molecule has 2 aliphatic carbocycles. The van der Waals surface area contributed by atoms with Gasteiger partial charge in [-0.25, -0.2) is 9.67 Å². The van der Waals surface area contributed by atoms with E-state index in [0.717, 1.165) is 23.5 Å². The van der Waals surface area contributed by atoms with Crippen molar-refractivity contribution in [2.24, 2.45) is 11.8 Å². The second-order valence-electron chi connectivity index (χ2n) is 7.13. The topological polar surface area (TPSA) is 59.8 Å². The molecule has 5 heteroatoms. The van der Waals surface area contributed by atoms with Crippen LogP contribution in [0.1, 0.15) is 54.4 Å². The molecule has 1 aromatic carbocycles. The maximum atomic E-state index is 12.7. The van der Waals surface area contributed by atoms with E-state index >= 15 is 0 Å². The van der Waals surface area contributed by atoms with Gasteiger partial charge in [-0.05, 0) is 29.9 Å². The number of hydrogen-bond acceptors (Lipinski definition) is 3. The third-order valence-corrected chi connectivity index (χ3v) is 5.47. The van der Waals surface area contributed by atoms with Gasteiger partial charge in [-0.15, -0.1) is 0 Å². The van der Waals surface area contributed by atoms with Crippen LogP contribution in [0.15, 0.2) is 36.9 Å². The summed E-state index contributed by atoms with van der Waals surface area (Å²) in [4.78, 5) is 16.7.